The average Bonchev–Trinajstić information content (AvgIpc) is 3.90. The van der Waals surface area contributed by atoms with Gasteiger partial charge in [0.25, 0.3) is 0 Å². The Balaban J connectivity index is 0.000000207. The summed E-state index contributed by atoms with van der Waals surface area (Å²) in [6.45, 7) is 23.6. The van der Waals surface area contributed by atoms with Crippen LogP contribution in [0.25, 0.3) is 0 Å². The molecule has 2 aliphatic heterocycles. The van der Waals surface area contributed by atoms with Crippen LogP contribution in [0.1, 0.15) is 64.1 Å². The summed E-state index contributed by atoms with van der Waals surface area (Å²) in [6, 6.07) is 22.9. The summed E-state index contributed by atoms with van der Waals surface area (Å²) in [6.07, 6.45) is 0.474. The van der Waals surface area contributed by atoms with Crippen molar-refractivity contribution in [3.05, 3.63) is 100 Å². The summed E-state index contributed by atoms with van der Waals surface area (Å²) >= 11 is 9.01. The van der Waals surface area contributed by atoms with Crippen LogP contribution in [0.3, 0.4) is 0 Å². The van der Waals surface area contributed by atoms with Gasteiger partial charge < -0.3 is 40.1 Å². The van der Waals surface area contributed by atoms with E-state index in [1.165, 1.54) is 36.6 Å². The SMILES string of the molecule is CN1CCNCC1.Cc1cc(Nc2cc(Cl)nc(Sc3ccc(CC(=O)OC(C)(C)C)cc3)n2)n[nH]1.Cc1cc(Nc2cc(N3CCN(C)CC3)nc(Sc3ccc(CC(=O)OC(C)(C)C)cc3)n2)n[nH]1. The smallest absolute Gasteiger partial charge is 0.310 e. The summed E-state index contributed by atoms with van der Waals surface area (Å²) < 4.78 is 10.8. The van der Waals surface area contributed by atoms with Gasteiger partial charge in [-0.15, -0.1) is 0 Å². The number of carbonyl (C=O) groups is 2. The summed E-state index contributed by atoms with van der Waals surface area (Å²) in [5.74, 6) is 3.04. The highest BCUT2D eigenvalue weighted by molar-refractivity contribution is 7.99. The number of esters is 2. The van der Waals surface area contributed by atoms with Gasteiger partial charge in [-0.05, 0) is 128 Å². The molecule has 2 saturated heterocycles. The van der Waals surface area contributed by atoms with E-state index in [1.807, 2.05) is 122 Å². The molecule has 2 aromatic carbocycles. The fourth-order valence-corrected chi connectivity index (χ4v) is 8.65. The van der Waals surface area contributed by atoms with Gasteiger partial charge in [0.15, 0.2) is 21.9 Å². The zero-order valence-electron chi connectivity index (χ0n) is 42.4. The summed E-state index contributed by atoms with van der Waals surface area (Å²) in [7, 11) is 4.29. The summed E-state index contributed by atoms with van der Waals surface area (Å²) in [5.41, 5.74) is 2.73. The van der Waals surface area contributed by atoms with Gasteiger partial charge in [-0.1, -0.05) is 35.9 Å². The predicted molar refractivity (Wildman–Crippen MR) is 283 cm³/mol. The zero-order valence-corrected chi connectivity index (χ0v) is 44.7. The number of ether oxygens (including phenoxy) is 2. The Morgan fingerprint density at radius 3 is 1.45 bits per heavy atom. The Morgan fingerprint density at radius 2 is 1.04 bits per heavy atom. The molecule has 0 atom stereocenters. The lowest BCUT2D eigenvalue weighted by Gasteiger charge is -2.33. The number of H-pyrrole nitrogens is 2. The van der Waals surface area contributed by atoms with Crippen molar-refractivity contribution in [1.82, 2.24) is 55.4 Å². The van der Waals surface area contributed by atoms with Crippen LogP contribution in [0.4, 0.5) is 29.1 Å². The Labute approximate surface area is 430 Å². The summed E-state index contributed by atoms with van der Waals surface area (Å²) in [4.78, 5) is 51.3. The fraction of sp³-hybridized carbons (Fsp3) is 0.440. The lowest BCUT2D eigenvalue weighted by Crippen LogP contribution is -2.44. The second-order valence-corrected chi connectivity index (χ2v) is 21.7. The van der Waals surface area contributed by atoms with Crippen LogP contribution in [0.2, 0.25) is 5.15 Å². The minimum Gasteiger partial charge on any atom is -0.460 e. The number of nitrogens with one attached hydrogen (secondary N) is 5. The van der Waals surface area contributed by atoms with Crippen molar-refractivity contribution in [3.63, 3.8) is 0 Å². The van der Waals surface area contributed by atoms with E-state index >= 15 is 0 Å². The van der Waals surface area contributed by atoms with E-state index in [0.29, 0.717) is 38.7 Å². The number of halogens is 1. The van der Waals surface area contributed by atoms with E-state index in [-0.39, 0.29) is 24.8 Å². The number of aromatic nitrogens is 8. The van der Waals surface area contributed by atoms with Crippen molar-refractivity contribution in [2.45, 2.75) is 99.5 Å². The quantitative estimate of drug-likeness (QED) is 0.0417. The number of hydrogen-bond acceptors (Lipinski definition) is 18. The first kappa shape index (κ1) is 54.6. The van der Waals surface area contributed by atoms with Crippen LogP contribution in [0.15, 0.2) is 92.9 Å². The molecule has 380 valence electrons. The van der Waals surface area contributed by atoms with Crippen molar-refractivity contribution >= 4 is 76.2 Å². The first-order chi connectivity index (χ1) is 33.7. The molecule has 0 saturated carbocycles. The Morgan fingerprint density at radius 1 is 0.606 bits per heavy atom. The second-order valence-electron chi connectivity index (χ2n) is 19.2. The van der Waals surface area contributed by atoms with Crippen LogP contribution in [0, 0.1) is 13.8 Å². The van der Waals surface area contributed by atoms with Gasteiger partial charge in [0.05, 0.1) is 12.8 Å². The van der Waals surface area contributed by atoms with Crippen LogP contribution in [0.5, 0.6) is 0 Å². The Kier molecular flexibility index (Phi) is 19.6. The number of rotatable bonds is 13. The minimum absolute atomic E-state index is 0.229. The first-order valence-electron chi connectivity index (χ1n) is 23.5. The first-order valence-corrected chi connectivity index (χ1v) is 25.5. The molecule has 0 radical (unpaired) electrons. The molecule has 5 N–H and O–H groups in total. The van der Waals surface area contributed by atoms with Crippen molar-refractivity contribution in [1.29, 1.82) is 0 Å². The number of piperazine rings is 2. The van der Waals surface area contributed by atoms with Crippen molar-refractivity contribution in [2.24, 2.45) is 0 Å². The van der Waals surface area contributed by atoms with E-state index in [2.05, 4.69) is 75.1 Å². The molecule has 6 heterocycles. The fourth-order valence-electron chi connectivity index (χ4n) is 6.88. The number of nitrogens with zero attached hydrogens (tertiary/aromatic N) is 9. The monoisotopic (exact) mass is 1030 g/mol. The average molecular weight is 1030 g/mol. The molecule has 71 heavy (non-hydrogen) atoms. The van der Waals surface area contributed by atoms with Crippen molar-refractivity contribution < 1.29 is 19.1 Å². The number of anilines is 5. The third-order valence-electron chi connectivity index (χ3n) is 10.3. The van der Waals surface area contributed by atoms with Crippen LogP contribution < -0.4 is 20.9 Å². The molecule has 2 aliphatic rings. The van der Waals surface area contributed by atoms with Gasteiger partial charge in [-0.2, -0.15) is 10.2 Å². The second kappa shape index (κ2) is 25.6. The molecule has 0 unspecified atom stereocenters. The van der Waals surface area contributed by atoms with Crippen LogP contribution in [-0.4, -0.2) is 140 Å². The lowest BCUT2D eigenvalue weighted by molar-refractivity contribution is -0.155. The Hall–Kier alpha value is -5.77. The van der Waals surface area contributed by atoms with Gasteiger partial charge in [-0.25, -0.2) is 19.9 Å². The predicted octanol–water partition coefficient (Wildman–Crippen LogP) is 8.50. The number of carbonyl (C=O) groups excluding carboxylic acids is 2. The third kappa shape index (κ3) is 19.7. The number of likely N-dealkylation sites (N-methyl/N-ethyl adjacent to an activating group) is 2. The van der Waals surface area contributed by atoms with Gasteiger partial charge in [-0.3, -0.25) is 19.8 Å². The molecule has 6 aromatic rings. The van der Waals surface area contributed by atoms with E-state index in [0.717, 1.165) is 77.4 Å². The van der Waals surface area contributed by atoms with E-state index < -0.39 is 11.2 Å². The molecule has 0 amide bonds. The standard InChI is InChI=1S/C25H33N7O2S.C20H22ClN5O2S.C5H12N2/c1-17-14-21(30-29-17)26-20-16-22(32-12-10-31(5)11-13-32)28-24(27-20)35-19-8-6-18(7-9-19)15-23(33)34-25(2,3)4;1-12-9-17(26-25-12)23-16-11-15(21)22-19(24-16)29-14-7-5-13(6-8-14)10-18(27)28-20(2,3)4;1-7-4-2-6-3-5-7/h6-9,14,16H,10-13,15H2,1-5H3,(H2,26,27,28,29,30);5-9,11H,10H2,1-4H3,(H2,22,23,24,25,26);6H,2-5H2,1H3. The minimum atomic E-state index is -0.489. The Bertz CT molecular complexity index is 2640. The molecule has 21 heteroatoms. The van der Waals surface area contributed by atoms with Crippen LogP contribution >= 0.6 is 35.1 Å². The van der Waals surface area contributed by atoms with E-state index in [4.69, 9.17) is 31.0 Å². The molecule has 2 fully saturated rings. The third-order valence-corrected chi connectivity index (χ3v) is 12.2. The zero-order chi connectivity index (χ0) is 51.1. The van der Waals surface area contributed by atoms with Gasteiger partial charge in [0.1, 0.15) is 33.8 Å². The number of hydrogen-bond donors (Lipinski definition) is 5. The highest BCUT2D eigenvalue weighted by Crippen LogP contribution is 2.31. The molecular formula is C50H67ClN14O4S2. The van der Waals surface area contributed by atoms with E-state index in [1.54, 1.807) is 6.07 Å². The maximum Gasteiger partial charge on any atom is 0.310 e. The normalized spacial score (nSPS) is 14.4. The molecule has 18 nitrogen and oxygen atoms in total. The highest BCUT2D eigenvalue weighted by Gasteiger charge is 2.20. The molecule has 8 rings (SSSR count). The highest BCUT2D eigenvalue weighted by atomic mass is 35.5. The molecule has 0 bridgehead atoms. The number of aryl methyl sites for hydroxylation is 2. The van der Waals surface area contributed by atoms with Gasteiger partial charge in [0.2, 0.25) is 0 Å². The van der Waals surface area contributed by atoms with Crippen LogP contribution in [-0.2, 0) is 31.9 Å². The maximum absolute atomic E-state index is 12.1. The van der Waals surface area contributed by atoms with Crippen molar-refractivity contribution in [3.8, 4) is 0 Å². The number of benzene rings is 2. The molecule has 4 aromatic heterocycles. The topological polar surface area (TPSA) is 207 Å². The van der Waals surface area contributed by atoms with Crippen molar-refractivity contribution in [2.75, 3.05) is 82.0 Å². The van der Waals surface area contributed by atoms with Gasteiger partial charge in [0, 0.05) is 97.8 Å². The van der Waals surface area contributed by atoms with Gasteiger partial charge >= 0.3 is 11.9 Å². The largest absolute Gasteiger partial charge is 0.460 e. The maximum atomic E-state index is 12.1. The molecular weight excluding hydrogens is 960 g/mol. The molecule has 0 spiro atoms. The summed E-state index contributed by atoms with van der Waals surface area (Å²) in [5, 5.41) is 25.4. The van der Waals surface area contributed by atoms with E-state index in [9.17, 15) is 9.59 Å². The molecule has 0 aliphatic carbocycles. The number of aromatic amines is 2. The lowest BCUT2D eigenvalue weighted by atomic mass is 10.1.